The molecule has 1 saturated heterocycles. The van der Waals surface area contributed by atoms with Crippen molar-refractivity contribution in [3.8, 4) is 0 Å². The smallest absolute Gasteiger partial charge is 0.462 e. The van der Waals surface area contributed by atoms with Crippen LogP contribution in [0.4, 0.5) is 12.9 Å². The van der Waals surface area contributed by atoms with Gasteiger partial charge in [-0.15, -0.1) is 0 Å². The molecule has 1 aromatic rings. The molecule has 1 heterocycles. The van der Waals surface area contributed by atoms with Crippen LogP contribution < -0.4 is 0 Å². The van der Waals surface area contributed by atoms with Gasteiger partial charge in [0.1, 0.15) is 18.8 Å². The van der Waals surface area contributed by atoms with Crippen LogP contribution >= 0.6 is 0 Å². The number of benzene rings is 1. The summed E-state index contributed by atoms with van der Waals surface area (Å²) in [6.45, 7) is 7.39. The average molecular weight is 573 g/mol. The number of halogens is 3. The average Bonchev–Trinajstić information content (AvgIpc) is 2.80. The summed E-state index contributed by atoms with van der Waals surface area (Å²) in [4.78, 5) is 38.5. The molecule has 0 amide bonds. The second-order valence-corrected chi connectivity index (χ2v) is 13.1. The van der Waals surface area contributed by atoms with E-state index in [1.54, 1.807) is 92.6 Å². The summed E-state index contributed by atoms with van der Waals surface area (Å²) in [6.07, 6.45) is -6.76. The van der Waals surface area contributed by atoms with Gasteiger partial charge >= 0.3 is 24.9 Å². The quantitative estimate of drug-likeness (QED) is 0.237. The molecule has 0 bridgehead atoms. The van der Waals surface area contributed by atoms with Crippen LogP contribution in [0.5, 0.6) is 0 Å². The summed E-state index contributed by atoms with van der Waals surface area (Å²) < 4.78 is 71.4. The van der Waals surface area contributed by atoms with Gasteiger partial charge in [0.15, 0.2) is 12.2 Å². The highest BCUT2D eigenvalue weighted by Gasteiger charge is 2.57. The first-order chi connectivity index (χ1) is 18.1. The van der Waals surface area contributed by atoms with Gasteiger partial charge in [0, 0.05) is 0 Å². The van der Waals surface area contributed by atoms with Crippen LogP contribution in [0, 0.1) is 16.2 Å². The van der Waals surface area contributed by atoms with Crippen molar-refractivity contribution in [3.05, 3.63) is 35.9 Å². The van der Waals surface area contributed by atoms with Gasteiger partial charge in [-0.05, 0) is 67.9 Å². The van der Waals surface area contributed by atoms with E-state index in [1.165, 1.54) is 0 Å². The molecule has 40 heavy (non-hydrogen) atoms. The molecule has 1 aliphatic heterocycles. The maximum atomic E-state index is 14.5. The Morgan fingerprint density at radius 2 is 1.23 bits per heavy atom. The van der Waals surface area contributed by atoms with Crippen LogP contribution in [0.2, 0.25) is 0 Å². The summed E-state index contributed by atoms with van der Waals surface area (Å²) in [6, 6.07) is 5.95. The molecule has 0 unspecified atom stereocenters. The molecule has 1 aliphatic rings. The van der Waals surface area contributed by atoms with E-state index < -0.39 is 78.2 Å². The third kappa shape index (κ3) is 9.22. The van der Waals surface area contributed by atoms with E-state index in [9.17, 15) is 27.3 Å². The maximum absolute atomic E-state index is 14.5. The highest BCUT2D eigenvalue weighted by Crippen LogP contribution is 2.37. The maximum Gasteiger partial charge on any atom is 0.509 e. The summed E-state index contributed by atoms with van der Waals surface area (Å²) in [5.74, 6) is -2.30. The Labute approximate surface area is 234 Å². The second kappa shape index (κ2) is 12.5. The minimum absolute atomic E-state index is 0.259. The van der Waals surface area contributed by atoms with E-state index >= 15 is 0 Å². The Balaban J connectivity index is 2.59. The minimum atomic E-state index is -5.73. The molecule has 5 atom stereocenters. The van der Waals surface area contributed by atoms with E-state index in [1.807, 2.05) is 0 Å². The highest BCUT2D eigenvalue weighted by molar-refractivity contribution is 6.60. The normalized spacial score (nSPS) is 24.2. The number of hydrogen-bond acceptors (Lipinski definition) is 8. The third-order valence-corrected chi connectivity index (χ3v) is 6.03. The lowest BCUT2D eigenvalue weighted by Gasteiger charge is -2.49. The van der Waals surface area contributed by atoms with Gasteiger partial charge in [-0.1, -0.05) is 30.3 Å². The van der Waals surface area contributed by atoms with Crippen molar-refractivity contribution < 1.29 is 51.0 Å². The van der Waals surface area contributed by atoms with Crippen LogP contribution in [0.25, 0.3) is 0 Å². The van der Waals surface area contributed by atoms with Crippen molar-refractivity contribution in [1.82, 2.24) is 0 Å². The van der Waals surface area contributed by atoms with Gasteiger partial charge in [0.25, 0.3) is 0 Å². The minimum Gasteiger partial charge on any atom is -0.462 e. The zero-order valence-electron chi connectivity index (χ0n) is 24.7. The molecule has 0 saturated carbocycles. The molecule has 2 rings (SSSR count). The Morgan fingerprint density at radius 1 is 0.750 bits per heavy atom. The third-order valence-electron chi connectivity index (χ3n) is 6.03. The largest absolute Gasteiger partial charge is 0.509 e. The second-order valence-electron chi connectivity index (χ2n) is 13.1. The van der Waals surface area contributed by atoms with E-state index in [-0.39, 0.29) is 6.61 Å². The van der Waals surface area contributed by atoms with Crippen molar-refractivity contribution in [1.29, 1.82) is 0 Å². The highest BCUT2D eigenvalue weighted by atomic mass is 19.4. The standard InChI is InChI=1S/C28H41BF3O8/c1-26(2,3)23(33)37-16-18-19(39-24(34)27(4,5)6)20(40-25(35)28(7,8)9)21(22(38-18)29(30,31)32)36-15-17-13-11-10-12-14-17/h10-14,18-22H,15-16H2,1-9H3/q-1/t18-,19+,20+,21-,22-/m1/s1. The molecular weight excluding hydrogens is 532 g/mol. The molecule has 226 valence electrons. The van der Waals surface area contributed by atoms with Gasteiger partial charge in [-0.3, -0.25) is 14.4 Å². The molecular formula is C28H41BF3O8-. The molecule has 0 radical (unpaired) electrons. The fourth-order valence-electron chi connectivity index (χ4n) is 3.59. The Kier molecular flexibility index (Phi) is 10.5. The van der Waals surface area contributed by atoms with Crippen LogP contribution in [0.15, 0.2) is 30.3 Å². The molecule has 12 heteroatoms. The monoisotopic (exact) mass is 573 g/mol. The number of hydrogen-bond donors (Lipinski definition) is 0. The van der Waals surface area contributed by atoms with Crippen molar-refractivity contribution in [2.75, 3.05) is 6.61 Å². The van der Waals surface area contributed by atoms with Crippen molar-refractivity contribution in [3.63, 3.8) is 0 Å². The van der Waals surface area contributed by atoms with E-state index in [4.69, 9.17) is 23.7 Å². The number of esters is 3. The van der Waals surface area contributed by atoms with E-state index in [0.29, 0.717) is 5.56 Å². The Morgan fingerprint density at radius 3 is 1.68 bits per heavy atom. The van der Waals surface area contributed by atoms with Gasteiger partial charge in [-0.2, -0.15) is 0 Å². The molecule has 0 aromatic heterocycles. The van der Waals surface area contributed by atoms with Crippen LogP contribution in [-0.2, 0) is 44.7 Å². The van der Waals surface area contributed by atoms with Crippen LogP contribution in [0.1, 0.15) is 67.9 Å². The molecule has 1 fully saturated rings. The topological polar surface area (TPSA) is 97.4 Å². The number of rotatable bonds is 8. The van der Waals surface area contributed by atoms with Gasteiger partial charge < -0.3 is 36.6 Å². The number of ether oxygens (including phenoxy) is 5. The molecule has 8 nitrogen and oxygen atoms in total. The molecule has 0 aliphatic carbocycles. The first-order valence-electron chi connectivity index (χ1n) is 13.2. The van der Waals surface area contributed by atoms with Crippen molar-refractivity contribution >= 4 is 24.9 Å². The van der Waals surface area contributed by atoms with Crippen LogP contribution in [0.3, 0.4) is 0 Å². The predicted molar refractivity (Wildman–Crippen MR) is 142 cm³/mol. The Bertz CT molecular complexity index is 1030. The van der Waals surface area contributed by atoms with Crippen molar-refractivity contribution in [2.24, 2.45) is 16.2 Å². The van der Waals surface area contributed by atoms with Gasteiger partial charge in [0.05, 0.1) is 28.9 Å². The fraction of sp³-hybridized carbons (Fsp3) is 0.679. The molecule has 1 aromatic carbocycles. The zero-order valence-corrected chi connectivity index (χ0v) is 24.7. The van der Waals surface area contributed by atoms with Gasteiger partial charge in [-0.25, -0.2) is 0 Å². The lowest BCUT2D eigenvalue weighted by atomic mass is 9.73. The fourth-order valence-corrected chi connectivity index (χ4v) is 3.59. The van der Waals surface area contributed by atoms with Gasteiger partial charge in [0.2, 0.25) is 0 Å². The van der Waals surface area contributed by atoms with E-state index in [2.05, 4.69) is 0 Å². The zero-order chi connectivity index (χ0) is 30.7. The predicted octanol–water partition coefficient (Wildman–Crippen LogP) is 5.23. The lowest BCUT2D eigenvalue weighted by molar-refractivity contribution is -0.254. The summed E-state index contributed by atoms with van der Waals surface area (Å²) in [5.41, 5.74) is -2.55. The first-order valence-corrected chi connectivity index (χ1v) is 13.2. The van der Waals surface area contributed by atoms with Crippen LogP contribution in [-0.4, -0.2) is 61.9 Å². The summed E-state index contributed by atoms with van der Waals surface area (Å²) in [5, 5.41) is 0. The van der Waals surface area contributed by atoms with E-state index in [0.717, 1.165) is 0 Å². The lowest BCUT2D eigenvalue weighted by Crippen LogP contribution is -2.67. The SMILES string of the molecule is CC(C)(C)C(=O)OC[C@H]1O[C@@H]([B-](F)(F)F)[C@H](OCc2ccccc2)[C@@H](OC(=O)C(C)(C)C)[C@H]1OC(=O)C(C)(C)C. The number of carbonyl (C=O) groups excluding carboxylic acids is 3. The number of carbonyl (C=O) groups is 3. The molecule has 0 N–H and O–H groups in total. The Hall–Kier alpha value is -2.60. The first kappa shape index (κ1) is 33.6. The van der Waals surface area contributed by atoms with Crippen molar-refractivity contribution in [2.45, 2.75) is 99.3 Å². The summed E-state index contributed by atoms with van der Waals surface area (Å²) >= 11 is 0. The molecule has 0 spiro atoms. The summed E-state index contributed by atoms with van der Waals surface area (Å²) in [7, 11) is 0.